The topological polar surface area (TPSA) is 48.1 Å². The Bertz CT molecular complexity index is 573. The van der Waals surface area contributed by atoms with E-state index in [0.717, 1.165) is 12.1 Å². The Hall–Kier alpha value is -1.65. The van der Waals surface area contributed by atoms with Crippen LogP contribution in [0.15, 0.2) is 36.5 Å². The molecular weight excluding hydrogens is 279 g/mol. The first-order chi connectivity index (χ1) is 9.56. The fourth-order valence-corrected chi connectivity index (χ4v) is 1.95. The number of nitrogens with two attached hydrogens (primary N) is 1. The molecule has 0 radical (unpaired) electrons. The van der Waals surface area contributed by atoms with Crippen LogP contribution in [-0.2, 0) is 13.0 Å². The fourth-order valence-electron chi connectivity index (χ4n) is 1.77. The molecule has 0 amide bonds. The van der Waals surface area contributed by atoms with Crippen LogP contribution in [0.1, 0.15) is 18.2 Å². The van der Waals surface area contributed by atoms with Gasteiger partial charge in [0.25, 0.3) is 0 Å². The van der Waals surface area contributed by atoms with Crippen molar-refractivity contribution in [2.24, 2.45) is 5.73 Å². The van der Waals surface area contributed by atoms with Crippen LogP contribution < -0.4 is 10.5 Å². The van der Waals surface area contributed by atoms with Gasteiger partial charge in [-0.15, -0.1) is 0 Å². The Labute approximate surface area is 122 Å². The van der Waals surface area contributed by atoms with E-state index in [1.807, 2.05) is 19.1 Å². The lowest BCUT2D eigenvalue weighted by Gasteiger charge is -2.09. The van der Waals surface area contributed by atoms with Crippen molar-refractivity contribution in [2.45, 2.75) is 26.0 Å². The van der Waals surface area contributed by atoms with E-state index >= 15 is 0 Å². The van der Waals surface area contributed by atoms with Crippen molar-refractivity contribution < 1.29 is 9.13 Å². The van der Waals surface area contributed by atoms with E-state index in [1.165, 1.54) is 6.07 Å². The normalized spacial score (nSPS) is 12.2. The molecule has 5 heteroatoms. The van der Waals surface area contributed by atoms with Crippen molar-refractivity contribution >= 4 is 11.6 Å². The van der Waals surface area contributed by atoms with Crippen molar-refractivity contribution in [2.75, 3.05) is 0 Å². The minimum Gasteiger partial charge on any atom is -0.487 e. The minimum absolute atomic E-state index is 0.0698. The molecule has 2 N–H and O–H groups in total. The molecule has 1 atom stereocenters. The van der Waals surface area contributed by atoms with Gasteiger partial charge in [0.1, 0.15) is 18.2 Å². The summed E-state index contributed by atoms with van der Waals surface area (Å²) in [5, 5.41) is 0.0917. The Balaban J connectivity index is 1.99. The molecule has 0 fully saturated rings. The lowest BCUT2D eigenvalue weighted by atomic mass is 10.2. The summed E-state index contributed by atoms with van der Waals surface area (Å²) in [4.78, 5) is 4.26. The first-order valence-electron chi connectivity index (χ1n) is 6.32. The maximum atomic E-state index is 13.3. The van der Waals surface area contributed by atoms with Crippen molar-refractivity contribution in [3.8, 4) is 5.75 Å². The molecule has 2 rings (SSSR count). The second kappa shape index (κ2) is 6.68. The van der Waals surface area contributed by atoms with Crippen LogP contribution in [-0.4, -0.2) is 11.0 Å². The number of halogens is 2. The molecular formula is C15H16ClFN2O. The number of hydrogen-bond donors (Lipinski definition) is 1. The van der Waals surface area contributed by atoms with Gasteiger partial charge in [0.15, 0.2) is 0 Å². The van der Waals surface area contributed by atoms with Gasteiger partial charge in [-0.2, -0.15) is 0 Å². The molecule has 0 saturated heterocycles. The summed E-state index contributed by atoms with van der Waals surface area (Å²) in [6.45, 7) is 2.13. The van der Waals surface area contributed by atoms with Crippen LogP contribution in [0.5, 0.6) is 5.75 Å². The lowest BCUT2D eigenvalue weighted by molar-refractivity contribution is 0.304. The third-order valence-corrected chi connectivity index (χ3v) is 3.18. The molecule has 0 spiro atoms. The smallest absolute Gasteiger partial charge is 0.142 e. The van der Waals surface area contributed by atoms with Crippen molar-refractivity contribution in [3.05, 3.63) is 58.6 Å². The molecule has 1 heterocycles. The van der Waals surface area contributed by atoms with Crippen LogP contribution in [0.2, 0.25) is 5.02 Å². The van der Waals surface area contributed by atoms with Crippen molar-refractivity contribution in [1.82, 2.24) is 4.98 Å². The first-order valence-corrected chi connectivity index (χ1v) is 6.70. The molecule has 0 saturated carbocycles. The molecule has 2 aromatic rings. The Morgan fingerprint density at radius 1 is 1.35 bits per heavy atom. The number of aromatic nitrogens is 1. The van der Waals surface area contributed by atoms with Crippen LogP contribution in [0.3, 0.4) is 0 Å². The van der Waals surface area contributed by atoms with Crippen molar-refractivity contribution in [3.63, 3.8) is 0 Å². The summed E-state index contributed by atoms with van der Waals surface area (Å²) >= 11 is 5.86. The summed E-state index contributed by atoms with van der Waals surface area (Å²) in [6.07, 6.45) is 2.35. The third kappa shape index (κ3) is 3.92. The molecule has 0 bridgehead atoms. The van der Waals surface area contributed by atoms with E-state index in [9.17, 15) is 4.39 Å². The zero-order valence-electron chi connectivity index (χ0n) is 11.1. The first kappa shape index (κ1) is 14.8. The zero-order chi connectivity index (χ0) is 14.5. The van der Waals surface area contributed by atoms with Crippen LogP contribution >= 0.6 is 11.6 Å². The summed E-state index contributed by atoms with van der Waals surface area (Å²) in [6, 6.07) is 8.40. The SMILES string of the molecule is CC(N)Cc1ccc(OCc2cccc(F)c2Cl)cn1. The Kier molecular flexibility index (Phi) is 4.93. The van der Waals surface area contributed by atoms with Gasteiger partial charge in [-0.3, -0.25) is 4.98 Å². The molecule has 3 nitrogen and oxygen atoms in total. The average Bonchev–Trinajstić information content (AvgIpc) is 2.41. The highest BCUT2D eigenvalue weighted by atomic mass is 35.5. The molecule has 0 aliphatic carbocycles. The second-order valence-electron chi connectivity index (χ2n) is 4.67. The molecule has 1 aromatic carbocycles. The number of nitrogens with zero attached hydrogens (tertiary/aromatic N) is 1. The molecule has 0 aliphatic heterocycles. The van der Waals surface area contributed by atoms with Crippen molar-refractivity contribution in [1.29, 1.82) is 0 Å². The van der Waals surface area contributed by atoms with E-state index in [0.29, 0.717) is 11.3 Å². The van der Waals surface area contributed by atoms with E-state index in [1.54, 1.807) is 18.3 Å². The fraction of sp³-hybridized carbons (Fsp3) is 0.267. The quantitative estimate of drug-likeness (QED) is 0.920. The van der Waals surface area contributed by atoms with E-state index < -0.39 is 5.82 Å². The van der Waals surface area contributed by atoms with Crippen LogP contribution in [0, 0.1) is 5.82 Å². The molecule has 20 heavy (non-hydrogen) atoms. The van der Waals surface area contributed by atoms with E-state index in [2.05, 4.69) is 4.98 Å². The second-order valence-corrected chi connectivity index (χ2v) is 5.05. The number of pyridine rings is 1. The average molecular weight is 295 g/mol. The van der Waals surface area contributed by atoms with Gasteiger partial charge in [0.05, 0.1) is 11.2 Å². The Morgan fingerprint density at radius 2 is 2.15 bits per heavy atom. The highest BCUT2D eigenvalue weighted by Gasteiger charge is 2.06. The van der Waals surface area contributed by atoms with Gasteiger partial charge in [0, 0.05) is 23.7 Å². The maximum Gasteiger partial charge on any atom is 0.142 e. The molecule has 1 unspecified atom stereocenters. The predicted molar refractivity (Wildman–Crippen MR) is 77.3 cm³/mol. The van der Waals surface area contributed by atoms with Gasteiger partial charge in [-0.1, -0.05) is 23.7 Å². The monoisotopic (exact) mass is 294 g/mol. The van der Waals surface area contributed by atoms with Gasteiger partial charge in [-0.05, 0) is 25.1 Å². The number of benzene rings is 1. The van der Waals surface area contributed by atoms with Crippen LogP contribution in [0.4, 0.5) is 4.39 Å². The number of ether oxygens (including phenoxy) is 1. The van der Waals surface area contributed by atoms with Crippen LogP contribution in [0.25, 0.3) is 0 Å². The standard InChI is InChI=1S/C15H16ClFN2O/c1-10(18)7-12-5-6-13(8-19-12)20-9-11-3-2-4-14(17)15(11)16/h2-6,8,10H,7,9,18H2,1H3. The highest BCUT2D eigenvalue weighted by molar-refractivity contribution is 6.31. The zero-order valence-corrected chi connectivity index (χ0v) is 11.9. The summed E-state index contributed by atoms with van der Waals surface area (Å²) in [5.74, 6) is 0.164. The highest BCUT2D eigenvalue weighted by Crippen LogP contribution is 2.21. The lowest BCUT2D eigenvalue weighted by Crippen LogP contribution is -2.18. The van der Waals surface area contributed by atoms with Gasteiger partial charge < -0.3 is 10.5 Å². The summed E-state index contributed by atoms with van der Waals surface area (Å²) < 4.78 is 18.8. The van der Waals surface area contributed by atoms with E-state index in [4.69, 9.17) is 22.1 Å². The predicted octanol–water partition coefficient (Wildman–Crippen LogP) is 3.34. The molecule has 0 aliphatic rings. The molecule has 106 valence electrons. The summed E-state index contributed by atoms with van der Waals surface area (Å²) in [7, 11) is 0. The van der Waals surface area contributed by atoms with Gasteiger partial charge >= 0.3 is 0 Å². The largest absolute Gasteiger partial charge is 0.487 e. The minimum atomic E-state index is -0.446. The number of rotatable bonds is 5. The van der Waals surface area contributed by atoms with E-state index in [-0.39, 0.29) is 17.7 Å². The maximum absolute atomic E-state index is 13.3. The number of hydrogen-bond acceptors (Lipinski definition) is 3. The summed E-state index contributed by atoms with van der Waals surface area (Å²) in [5.41, 5.74) is 7.22. The van der Waals surface area contributed by atoms with Gasteiger partial charge in [0.2, 0.25) is 0 Å². The third-order valence-electron chi connectivity index (χ3n) is 2.75. The van der Waals surface area contributed by atoms with Gasteiger partial charge in [-0.25, -0.2) is 4.39 Å². The molecule has 1 aromatic heterocycles. The Morgan fingerprint density at radius 3 is 2.80 bits per heavy atom.